The second-order valence-electron chi connectivity index (χ2n) is 3.79. The van der Waals surface area contributed by atoms with E-state index in [0.29, 0.717) is 5.30 Å². The summed E-state index contributed by atoms with van der Waals surface area (Å²) in [5.74, 6) is 1.42. The van der Waals surface area contributed by atoms with Gasteiger partial charge < -0.3 is 4.89 Å². The maximum atomic E-state index is 12.2. The molecule has 0 aliphatic rings. The van der Waals surface area contributed by atoms with Crippen LogP contribution >= 0.6 is 7.37 Å². The van der Waals surface area contributed by atoms with Gasteiger partial charge in [-0.1, -0.05) is 50.3 Å². The van der Waals surface area contributed by atoms with E-state index in [0.717, 1.165) is 18.4 Å². The summed E-state index contributed by atoms with van der Waals surface area (Å²) in [5, 5.41) is 0.509. The predicted molar refractivity (Wildman–Crippen MR) is 74.7 cm³/mol. The Morgan fingerprint density at radius 2 is 1.82 bits per heavy atom. The molecule has 1 aromatic rings. The molecular formula is C14H19O2P. The van der Waals surface area contributed by atoms with Crippen LogP contribution in [-0.4, -0.2) is 4.89 Å². The Labute approximate surface area is 103 Å². The first-order valence-corrected chi connectivity index (χ1v) is 7.61. The van der Waals surface area contributed by atoms with E-state index in [2.05, 4.69) is 0 Å². The van der Waals surface area contributed by atoms with E-state index >= 15 is 0 Å². The summed E-state index contributed by atoms with van der Waals surface area (Å²) in [7, 11) is -3.37. The molecule has 0 heterocycles. The number of hydrogen-bond donors (Lipinski definition) is 1. The van der Waals surface area contributed by atoms with Crippen molar-refractivity contribution < 1.29 is 9.46 Å². The molecule has 3 heteroatoms. The van der Waals surface area contributed by atoms with Crippen molar-refractivity contribution in [3.05, 3.63) is 47.8 Å². The maximum absolute atomic E-state index is 12.2. The van der Waals surface area contributed by atoms with Crippen LogP contribution < -0.4 is 5.30 Å². The molecule has 0 aliphatic heterocycles. The molecule has 0 fully saturated rings. The van der Waals surface area contributed by atoms with Crippen LogP contribution in [-0.2, 0) is 4.57 Å². The van der Waals surface area contributed by atoms with Crippen LogP contribution in [0, 0.1) is 0 Å². The molecule has 0 aliphatic carbocycles. The molecule has 0 saturated heterocycles. The largest absolute Gasteiger partial charge is 0.338 e. The van der Waals surface area contributed by atoms with Crippen molar-refractivity contribution in [2.45, 2.75) is 26.7 Å². The molecule has 0 radical (unpaired) electrons. The summed E-state index contributed by atoms with van der Waals surface area (Å²) in [6, 6.07) is 7.25. The van der Waals surface area contributed by atoms with E-state index in [4.69, 9.17) is 0 Å². The highest BCUT2D eigenvalue weighted by Gasteiger charge is 2.19. The first-order valence-electron chi connectivity index (χ1n) is 5.88. The third-order valence-corrected chi connectivity index (χ3v) is 4.07. The molecule has 92 valence electrons. The van der Waals surface area contributed by atoms with Gasteiger partial charge in [-0.25, -0.2) is 0 Å². The average Bonchev–Trinajstić information content (AvgIpc) is 2.34. The predicted octanol–water partition coefficient (Wildman–Crippen LogP) is 3.93. The fraction of sp³-hybridized carbons (Fsp3) is 0.286. The van der Waals surface area contributed by atoms with Crippen LogP contribution in [0.4, 0.5) is 0 Å². The Balaban J connectivity index is 3.16. The second-order valence-corrected chi connectivity index (χ2v) is 5.81. The van der Waals surface area contributed by atoms with Crippen molar-refractivity contribution in [2.24, 2.45) is 0 Å². The lowest BCUT2D eigenvalue weighted by Crippen LogP contribution is -2.06. The van der Waals surface area contributed by atoms with Gasteiger partial charge >= 0.3 is 0 Å². The average molecular weight is 250 g/mol. The number of rotatable bonds is 5. The molecule has 1 atom stereocenters. The Morgan fingerprint density at radius 3 is 2.47 bits per heavy atom. The van der Waals surface area contributed by atoms with E-state index in [-0.39, 0.29) is 0 Å². The van der Waals surface area contributed by atoms with Gasteiger partial charge in [0.1, 0.15) is 0 Å². The van der Waals surface area contributed by atoms with Gasteiger partial charge in [0, 0.05) is 11.1 Å². The zero-order valence-electron chi connectivity index (χ0n) is 10.3. The Hall–Kier alpha value is -1.11. The number of benzene rings is 1. The highest BCUT2D eigenvalue weighted by molar-refractivity contribution is 7.69. The molecular weight excluding hydrogens is 231 g/mol. The summed E-state index contributed by atoms with van der Waals surface area (Å²) in [5.41, 5.74) is 0.820. The van der Waals surface area contributed by atoms with Crippen LogP contribution in [0.1, 0.15) is 32.3 Å². The first kappa shape index (κ1) is 14.0. The molecule has 0 bridgehead atoms. The van der Waals surface area contributed by atoms with E-state index in [9.17, 15) is 9.46 Å². The van der Waals surface area contributed by atoms with Crippen LogP contribution in [0.2, 0.25) is 0 Å². The van der Waals surface area contributed by atoms with Crippen LogP contribution in [0.15, 0.2) is 42.2 Å². The third kappa shape index (κ3) is 3.99. The van der Waals surface area contributed by atoms with Crippen molar-refractivity contribution in [1.82, 2.24) is 0 Å². The monoisotopic (exact) mass is 250 g/mol. The lowest BCUT2D eigenvalue weighted by molar-refractivity contribution is 0.500. The quantitative estimate of drug-likeness (QED) is 0.804. The van der Waals surface area contributed by atoms with Crippen LogP contribution in [0.3, 0.4) is 0 Å². The molecule has 1 rings (SSSR count). The summed E-state index contributed by atoms with van der Waals surface area (Å²) < 4.78 is 12.2. The second kappa shape index (κ2) is 6.58. The van der Waals surface area contributed by atoms with Gasteiger partial charge in [0.2, 0.25) is 0 Å². The maximum Gasteiger partial charge on any atom is 0.252 e. The van der Waals surface area contributed by atoms with E-state index in [1.807, 2.05) is 38.1 Å². The minimum atomic E-state index is -3.37. The molecule has 0 spiro atoms. The molecule has 1 N–H and O–H groups in total. The molecule has 0 amide bonds. The minimum absolute atomic E-state index is 0.509. The SMILES string of the molecule is CCC=Cc1ccccc1P(=O)(O)C=CCC. The molecule has 0 aromatic heterocycles. The molecule has 0 saturated carbocycles. The van der Waals surface area contributed by atoms with Gasteiger partial charge in [0.25, 0.3) is 7.37 Å². The summed E-state index contributed by atoms with van der Waals surface area (Å²) in [6.07, 6.45) is 7.30. The molecule has 1 aromatic carbocycles. The van der Waals surface area contributed by atoms with Gasteiger partial charge in [-0.05, 0) is 24.5 Å². The van der Waals surface area contributed by atoms with Crippen molar-refractivity contribution in [3.63, 3.8) is 0 Å². The normalized spacial score (nSPS) is 15.5. The van der Waals surface area contributed by atoms with Crippen LogP contribution in [0.5, 0.6) is 0 Å². The van der Waals surface area contributed by atoms with Crippen molar-refractivity contribution in [1.29, 1.82) is 0 Å². The third-order valence-electron chi connectivity index (χ3n) is 2.36. The van der Waals surface area contributed by atoms with Crippen molar-refractivity contribution in [3.8, 4) is 0 Å². The highest BCUT2D eigenvalue weighted by Crippen LogP contribution is 2.42. The Kier molecular flexibility index (Phi) is 5.40. The Bertz CT molecular complexity index is 461. The number of hydrogen-bond acceptors (Lipinski definition) is 1. The molecule has 1 unspecified atom stereocenters. The summed E-state index contributed by atoms with van der Waals surface area (Å²) >= 11 is 0. The zero-order valence-corrected chi connectivity index (χ0v) is 11.2. The smallest absolute Gasteiger partial charge is 0.252 e. The molecule has 2 nitrogen and oxygen atoms in total. The highest BCUT2D eigenvalue weighted by atomic mass is 31.2. The summed E-state index contributed by atoms with van der Waals surface area (Å²) in [4.78, 5) is 10.0. The van der Waals surface area contributed by atoms with Crippen molar-refractivity contribution >= 4 is 18.7 Å². The fourth-order valence-electron chi connectivity index (χ4n) is 1.49. The van der Waals surface area contributed by atoms with Crippen LogP contribution in [0.25, 0.3) is 6.08 Å². The van der Waals surface area contributed by atoms with Crippen molar-refractivity contribution in [2.75, 3.05) is 0 Å². The lowest BCUT2D eigenvalue weighted by Gasteiger charge is -2.10. The first-order chi connectivity index (χ1) is 8.11. The van der Waals surface area contributed by atoms with Gasteiger partial charge in [0.15, 0.2) is 0 Å². The van der Waals surface area contributed by atoms with Gasteiger partial charge in [-0.3, -0.25) is 4.57 Å². The lowest BCUT2D eigenvalue weighted by atomic mass is 10.2. The van der Waals surface area contributed by atoms with E-state index in [1.54, 1.807) is 18.2 Å². The van der Waals surface area contributed by atoms with Gasteiger partial charge in [-0.15, -0.1) is 0 Å². The summed E-state index contributed by atoms with van der Waals surface area (Å²) in [6.45, 7) is 3.98. The number of allylic oxidation sites excluding steroid dienone is 2. The van der Waals surface area contributed by atoms with Gasteiger partial charge in [0.05, 0.1) is 0 Å². The van der Waals surface area contributed by atoms with E-state index < -0.39 is 7.37 Å². The van der Waals surface area contributed by atoms with E-state index in [1.165, 1.54) is 5.82 Å². The minimum Gasteiger partial charge on any atom is -0.338 e. The fourth-order valence-corrected chi connectivity index (χ4v) is 2.97. The molecule has 17 heavy (non-hydrogen) atoms. The standard InChI is InChI=1S/C14H19O2P/c1-3-5-9-13-10-7-8-11-14(13)17(15,16)12-6-4-2/h5-12H,3-4H2,1-2H3,(H,15,16). The Morgan fingerprint density at radius 1 is 1.18 bits per heavy atom. The van der Waals surface area contributed by atoms with Gasteiger partial charge in [-0.2, -0.15) is 0 Å². The zero-order chi connectivity index (χ0) is 12.7. The topological polar surface area (TPSA) is 37.3 Å².